The van der Waals surface area contributed by atoms with Gasteiger partial charge in [0.15, 0.2) is 0 Å². The van der Waals surface area contributed by atoms with Gasteiger partial charge in [0.05, 0.1) is 10.4 Å². The lowest BCUT2D eigenvalue weighted by Gasteiger charge is -2.11. The minimum absolute atomic E-state index is 0.0851. The summed E-state index contributed by atoms with van der Waals surface area (Å²) in [5.74, 6) is 0.717. The highest BCUT2D eigenvalue weighted by molar-refractivity contribution is 6.36. The molecule has 0 saturated heterocycles. The molecule has 0 aliphatic rings. The van der Waals surface area contributed by atoms with Crippen LogP contribution in [0.1, 0.15) is 5.56 Å². The minimum Gasteiger partial charge on any atom is -0.369 e. The maximum atomic E-state index is 10.8. The van der Waals surface area contributed by atoms with Gasteiger partial charge in [-0.2, -0.15) is 0 Å². The highest BCUT2D eigenvalue weighted by Crippen LogP contribution is 2.33. The molecule has 3 aromatic carbocycles. The van der Waals surface area contributed by atoms with Crippen LogP contribution in [-0.2, 0) is 6.42 Å². The summed E-state index contributed by atoms with van der Waals surface area (Å²) in [5, 5.41) is 16.1. The summed E-state index contributed by atoms with van der Waals surface area (Å²) in [5.41, 5.74) is 3.72. The summed E-state index contributed by atoms with van der Waals surface area (Å²) in [6, 6.07) is 17.8. The first-order valence-corrected chi connectivity index (χ1v) is 9.94. The third-order valence-electron chi connectivity index (χ3n) is 4.73. The Balaban J connectivity index is 1.55. The lowest BCUT2D eigenvalue weighted by molar-refractivity contribution is -0.384. The maximum absolute atomic E-state index is 10.8. The maximum Gasteiger partial charge on any atom is 0.269 e. The molecule has 0 spiro atoms. The first kappa shape index (κ1) is 20.1. The van der Waals surface area contributed by atoms with Crippen LogP contribution in [0.2, 0.25) is 10.0 Å². The van der Waals surface area contributed by atoms with E-state index in [1.54, 1.807) is 24.3 Å². The molecule has 1 N–H and O–H groups in total. The molecule has 30 heavy (non-hydrogen) atoms. The van der Waals surface area contributed by atoms with Crippen LogP contribution in [0, 0.1) is 10.1 Å². The Labute approximate surface area is 182 Å². The first-order chi connectivity index (χ1) is 14.5. The average molecular weight is 439 g/mol. The highest BCUT2D eigenvalue weighted by atomic mass is 35.5. The van der Waals surface area contributed by atoms with E-state index in [0.717, 1.165) is 27.6 Å². The molecule has 6 nitrogen and oxygen atoms in total. The highest BCUT2D eigenvalue weighted by Gasteiger charge is 2.09. The zero-order valence-corrected chi connectivity index (χ0v) is 17.2. The van der Waals surface area contributed by atoms with Crippen molar-refractivity contribution in [3.05, 3.63) is 92.7 Å². The van der Waals surface area contributed by atoms with Crippen molar-refractivity contribution in [1.82, 2.24) is 9.97 Å². The Morgan fingerprint density at radius 1 is 0.967 bits per heavy atom. The Kier molecular flexibility index (Phi) is 5.79. The van der Waals surface area contributed by atoms with Gasteiger partial charge >= 0.3 is 0 Å². The molecule has 8 heteroatoms. The van der Waals surface area contributed by atoms with Gasteiger partial charge in [0.25, 0.3) is 5.69 Å². The molecule has 0 saturated carbocycles. The van der Waals surface area contributed by atoms with Gasteiger partial charge in [-0.05, 0) is 41.8 Å². The normalized spacial score (nSPS) is 10.9. The van der Waals surface area contributed by atoms with Gasteiger partial charge in [-0.25, -0.2) is 9.97 Å². The number of hydrogen-bond acceptors (Lipinski definition) is 5. The number of nitro groups is 1. The second-order valence-electron chi connectivity index (χ2n) is 6.68. The van der Waals surface area contributed by atoms with E-state index in [-0.39, 0.29) is 5.69 Å². The molecule has 0 radical (unpaired) electrons. The average Bonchev–Trinajstić information content (AvgIpc) is 2.74. The van der Waals surface area contributed by atoms with E-state index >= 15 is 0 Å². The van der Waals surface area contributed by atoms with Crippen LogP contribution in [0.5, 0.6) is 0 Å². The van der Waals surface area contributed by atoms with Gasteiger partial charge in [-0.15, -0.1) is 0 Å². The van der Waals surface area contributed by atoms with Crippen molar-refractivity contribution in [3.8, 4) is 11.1 Å². The molecule has 0 amide bonds. The molecule has 0 bridgehead atoms. The largest absolute Gasteiger partial charge is 0.369 e. The Hall–Kier alpha value is -3.22. The Bertz CT molecular complexity index is 1230. The summed E-state index contributed by atoms with van der Waals surface area (Å²) < 4.78 is 0. The van der Waals surface area contributed by atoms with Crippen molar-refractivity contribution in [2.75, 3.05) is 11.9 Å². The molecule has 1 aromatic heterocycles. The van der Waals surface area contributed by atoms with Crippen molar-refractivity contribution >= 4 is 45.6 Å². The molecule has 0 atom stereocenters. The van der Waals surface area contributed by atoms with Crippen molar-refractivity contribution in [3.63, 3.8) is 0 Å². The van der Waals surface area contributed by atoms with Crippen LogP contribution in [0.3, 0.4) is 0 Å². The van der Waals surface area contributed by atoms with Crippen molar-refractivity contribution in [2.45, 2.75) is 6.42 Å². The van der Waals surface area contributed by atoms with E-state index in [2.05, 4.69) is 15.3 Å². The molecule has 4 aromatic rings. The number of anilines is 1. The molecular formula is C22H16Cl2N4O2. The predicted octanol–water partition coefficient (Wildman–Crippen LogP) is 6.17. The monoisotopic (exact) mass is 438 g/mol. The third-order valence-corrected chi connectivity index (χ3v) is 5.28. The summed E-state index contributed by atoms with van der Waals surface area (Å²) in [7, 11) is 0. The summed E-state index contributed by atoms with van der Waals surface area (Å²) in [4.78, 5) is 19.1. The van der Waals surface area contributed by atoms with Crippen LogP contribution in [0.25, 0.3) is 22.0 Å². The molecule has 0 unspecified atom stereocenters. The number of benzene rings is 3. The van der Waals surface area contributed by atoms with E-state index in [1.165, 1.54) is 18.5 Å². The van der Waals surface area contributed by atoms with Crippen molar-refractivity contribution in [1.29, 1.82) is 0 Å². The van der Waals surface area contributed by atoms with Crippen molar-refractivity contribution in [2.24, 2.45) is 0 Å². The fourth-order valence-corrected chi connectivity index (χ4v) is 3.72. The Morgan fingerprint density at radius 2 is 1.77 bits per heavy atom. The van der Waals surface area contributed by atoms with E-state index in [4.69, 9.17) is 23.2 Å². The molecule has 0 fully saturated rings. The number of rotatable bonds is 6. The van der Waals surface area contributed by atoms with Crippen LogP contribution >= 0.6 is 23.2 Å². The minimum atomic E-state index is -0.403. The van der Waals surface area contributed by atoms with Gasteiger partial charge in [-0.3, -0.25) is 10.1 Å². The van der Waals surface area contributed by atoms with Gasteiger partial charge < -0.3 is 5.32 Å². The summed E-state index contributed by atoms with van der Waals surface area (Å²) in [6.07, 6.45) is 2.22. The van der Waals surface area contributed by atoms with E-state index in [1.807, 2.05) is 24.3 Å². The van der Waals surface area contributed by atoms with Crippen LogP contribution < -0.4 is 5.32 Å². The van der Waals surface area contributed by atoms with Crippen LogP contribution in [-0.4, -0.2) is 21.4 Å². The van der Waals surface area contributed by atoms with Gasteiger partial charge in [0, 0.05) is 39.7 Å². The van der Waals surface area contributed by atoms with Gasteiger partial charge in [-0.1, -0.05) is 47.5 Å². The second-order valence-corrected chi connectivity index (χ2v) is 7.52. The van der Waals surface area contributed by atoms with E-state index in [0.29, 0.717) is 28.8 Å². The lowest BCUT2D eigenvalue weighted by Crippen LogP contribution is -2.07. The Morgan fingerprint density at radius 3 is 2.50 bits per heavy atom. The van der Waals surface area contributed by atoms with Crippen LogP contribution in [0.4, 0.5) is 11.5 Å². The molecule has 0 aliphatic carbocycles. The molecular weight excluding hydrogens is 423 g/mol. The van der Waals surface area contributed by atoms with Crippen LogP contribution in [0.15, 0.2) is 67.0 Å². The number of hydrogen-bond donors (Lipinski definition) is 1. The number of fused-ring (bicyclic) bond motifs is 1. The zero-order valence-electron chi connectivity index (χ0n) is 15.7. The summed E-state index contributed by atoms with van der Waals surface area (Å²) >= 11 is 12.4. The quantitative estimate of drug-likeness (QED) is 0.287. The molecule has 1 heterocycles. The lowest BCUT2D eigenvalue weighted by atomic mass is 10.0. The third kappa shape index (κ3) is 4.35. The van der Waals surface area contributed by atoms with Gasteiger partial charge in [0.2, 0.25) is 0 Å². The smallest absolute Gasteiger partial charge is 0.269 e. The number of nitro benzene ring substituents is 1. The topological polar surface area (TPSA) is 81.0 Å². The molecule has 0 aliphatic heterocycles. The number of non-ortho nitro benzene ring substituents is 1. The second kappa shape index (κ2) is 8.65. The number of aromatic nitrogens is 2. The fourth-order valence-electron chi connectivity index (χ4n) is 3.20. The summed E-state index contributed by atoms with van der Waals surface area (Å²) in [6.45, 7) is 0.621. The number of nitrogens with one attached hydrogen (secondary N) is 1. The van der Waals surface area contributed by atoms with Crippen molar-refractivity contribution < 1.29 is 4.92 Å². The van der Waals surface area contributed by atoms with Gasteiger partial charge in [0.1, 0.15) is 12.1 Å². The SMILES string of the molecule is O=[N+]([O-])c1ccc(CCNc2ncnc3ccc(-c4ccc(Cl)cc4Cl)cc23)cc1. The number of halogens is 2. The zero-order chi connectivity index (χ0) is 21.1. The standard InChI is InChI=1S/C22H16Cl2N4O2/c23-16-4-7-18(20(24)12-16)15-3-8-21-19(11-15)22(27-13-26-21)25-10-9-14-1-5-17(6-2-14)28(29)30/h1-8,11-13H,9-10H2,(H,25,26,27). The number of nitrogens with zero attached hydrogens (tertiary/aromatic N) is 3. The molecule has 4 rings (SSSR count). The first-order valence-electron chi connectivity index (χ1n) is 9.18. The predicted molar refractivity (Wildman–Crippen MR) is 120 cm³/mol. The van der Waals surface area contributed by atoms with E-state index in [9.17, 15) is 10.1 Å². The molecule has 150 valence electrons. The van der Waals surface area contributed by atoms with E-state index < -0.39 is 4.92 Å². The fraction of sp³-hybridized carbons (Fsp3) is 0.0909.